The molecule has 0 aliphatic heterocycles. The molecule has 0 unspecified atom stereocenters. The second-order valence-corrected chi connectivity index (χ2v) is 7.05. The third kappa shape index (κ3) is 2.97. The summed E-state index contributed by atoms with van der Waals surface area (Å²) in [6.07, 6.45) is 1.62. The topological polar surface area (TPSA) is 52.6 Å². The smallest absolute Gasteiger partial charge is 0.316 e. The van der Waals surface area contributed by atoms with Crippen LogP contribution in [0, 0.1) is 16.7 Å². The van der Waals surface area contributed by atoms with Crippen molar-refractivity contribution in [3.05, 3.63) is 48.0 Å². The Morgan fingerprint density at radius 3 is 2.33 bits per heavy atom. The van der Waals surface area contributed by atoms with E-state index in [0.29, 0.717) is 19.3 Å². The summed E-state index contributed by atoms with van der Waals surface area (Å²) < 4.78 is 10.1. The molecule has 1 aliphatic rings. The molecule has 0 spiro atoms. The van der Waals surface area contributed by atoms with Gasteiger partial charge in [0.2, 0.25) is 0 Å². The Morgan fingerprint density at radius 1 is 1.17 bits per heavy atom. The monoisotopic (exact) mass is 330 g/mol. The minimum atomic E-state index is -0.815. The van der Waals surface area contributed by atoms with Gasteiger partial charge in [0.15, 0.2) is 0 Å². The molecule has 4 heteroatoms. The molecule has 130 valence electrons. The summed E-state index contributed by atoms with van der Waals surface area (Å²) in [5, 5.41) is 0. The van der Waals surface area contributed by atoms with Crippen molar-refractivity contribution in [1.82, 2.24) is 0 Å². The van der Waals surface area contributed by atoms with Crippen LogP contribution in [0.5, 0.6) is 0 Å². The first-order valence-corrected chi connectivity index (χ1v) is 8.19. The van der Waals surface area contributed by atoms with Gasteiger partial charge < -0.3 is 9.47 Å². The van der Waals surface area contributed by atoms with Gasteiger partial charge in [-0.25, -0.2) is 0 Å². The Hall–Kier alpha value is -2.10. The zero-order valence-corrected chi connectivity index (χ0v) is 14.9. The summed E-state index contributed by atoms with van der Waals surface area (Å²) in [6.45, 7) is 8.16. The first kappa shape index (κ1) is 18.2. The number of benzene rings is 1. The van der Waals surface area contributed by atoms with Crippen LogP contribution in [0.3, 0.4) is 0 Å². The molecule has 0 bridgehead atoms. The van der Waals surface area contributed by atoms with E-state index in [1.807, 2.05) is 44.2 Å². The van der Waals surface area contributed by atoms with E-state index in [4.69, 9.17) is 9.47 Å². The highest BCUT2D eigenvalue weighted by molar-refractivity contribution is 5.83. The van der Waals surface area contributed by atoms with Gasteiger partial charge in [0, 0.05) is 0 Å². The highest BCUT2D eigenvalue weighted by Gasteiger charge is 2.55. The molecule has 4 nitrogen and oxygen atoms in total. The number of carbonyl (C=O) groups excluding carboxylic acids is 2. The highest BCUT2D eigenvalue weighted by atomic mass is 16.5. The average molecular weight is 330 g/mol. The van der Waals surface area contributed by atoms with Crippen molar-refractivity contribution in [2.45, 2.75) is 33.1 Å². The minimum absolute atomic E-state index is 0.251. The van der Waals surface area contributed by atoms with Crippen molar-refractivity contribution in [2.75, 3.05) is 14.2 Å². The van der Waals surface area contributed by atoms with Crippen LogP contribution in [0.25, 0.3) is 0 Å². The summed E-state index contributed by atoms with van der Waals surface area (Å²) in [5.74, 6) is -0.837. The normalized spacial score (nSPS) is 25.8. The van der Waals surface area contributed by atoms with Crippen LogP contribution in [0.2, 0.25) is 0 Å². The van der Waals surface area contributed by atoms with Gasteiger partial charge in [0.1, 0.15) is 0 Å². The number of hydrogen-bond acceptors (Lipinski definition) is 4. The molecule has 2 rings (SSSR count). The van der Waals surface area contributed by atoms with E-state index in [9.17, 15) is 9.59 Å². The average Bonchev–Trinajstić information content (AvgIpc) is 2.58. The van der Waals surface area contributed by atoms with E-state index >= 15 is 0 Å². The largest absolute Gasteiger partial charge is 0.469 e. The maximum Gasteiger partial charge on any atom is 0.316 e. The number of methoxy groups -OCH3 is 2. The van der Waals surface area contributed by atoms with Gasteiger partial charge in [-0.3, -0.25) is 9.59 Å². The number of ether oxygens (including phenoxy) is 2. The van der Waals surface area contributed by atoms with Crippen LogP contribution in [-0.2, 0) is 25.5 Å². The Kier molecular flexibility index (Phi) is 5.16. The summed E-state index contributed by atoms with van der Waals surface area (Å²) in [7, 11) is 2.80. The Bertz CT molecular complexity index is 632. The van der Waals surface area contributed by atoms with Gasteiger partial charge in [0.05, 0.1) is 25.6 Å². The van der Waals surface area contributed by atoms with Crippen LogP contribution >= 0.6 is 0 Å². The molecule has 24 heavy (non-hydrogen) atoms. The van der Waals surface area contributed by atoms with Crippen LogP contribution in [0.4, 0.5) is 0 Å². The first-order valence-electron chi connectivity index (χ1n) is 8.19. The van der Waals surface area contributed by atoms with Gasteiger partial charge in [-0.1, -0.05) is 56.3 Å². The lowest BCUT2D eigenvalue weighted by Gasteiger charge is -2.49. The molecule has 2 atom stereocenters. The second-order valence-electron chi connectivity index (χ2n) is 7.05. The molecule has 0 amide bonds. The Labute approximate surface area is 143 Å². The van der Waals surface area contributed by atoms with Crippen LogP contribution < -0.4 is 0 Å². The van der Waals surface area contributed by atoms with Crippen molar-refractivity contribution >= 4 is 11.9 Å². The lowest BCUT2D eigenvalue weighted by molar-refractivity contribution is -0.159. The van der Waals surface area contributed by atoms with Gasteiger partial charge in [-0.15, -0.1) is 0 Å². The number of esters is 2. The minimum Gasteiger partial charge on any atom is -0.469 e. The molecule has 1 fully saturated rings. The molecule has 1 aromatic rings. The van der Waals surface area contributed by atoms with Crippen LogP contribution in [0.15, 0.2) is 42.5 Å². The molecule has 1 aliphatic carbocycles. The van der Waals surface area contributed by atoms with E-state index < -0.39 is 10.8 Å². The van der Waals surface area contributed by atoms with Gasteiger partial charge in [0.25, 0.3) is 0 Å². The molecule has 0 saturated heterocycles. The number of rotatable bonds is 4. The van der Waals surface area contributed by atoms with Gasteiger partial charge in [-0.2, -0.15) is 0 Å². The summed E-state index contributed by atoms with van der Waals surface area (Å²) in [5.41, 5.74) is 0.432. The van der Waals surface area contributed by atoms with Crippen molar-refractivity contribution in [1.29, 1.82) is 0 Å². The molecular weight excluding hydrogens is 304 g/mol. The van der Waals surface area contributed by atoms with Crippen molar-refractivity contribution < 1.29 is 19.1 Å². The molecule has 0 radical (unpaired) electrons. The predicted molar refractivity (Wildman–Crippen MR) is 92.3 cm³/mol. The van der Waals surface area contributed by atoms with E-state index in [0.717, 1.165) is 11.1 Å². The molecule has 0 N–H and O–H groups in total. The third-order valence-electron chi connectivity index (χ3n) is 5.50. The van der Waals surface area contributed by atoms with Crippen LogP contribution in [-0.4, -0.2) is 26.2 Å². The van der Waals surface area contributed by atoms with Crippen molar-refractivity contribution in [2.24, 2.45) is 16.7 Å². The second kappa shape index (κ2) is 6.80. The molecule has 1 saturated carbocycles. The zero-order chi connectivity index (χ0) is 18.0. The maximum absolute atomic E-state index is 12.7. The lowest BCUT2D eigenvalue weighted by Crippen LogP contribution is -2.49. The quantitative estimate of drug-likeness (QED) is 0.626. The fourth-order valence-corrected chi connectivity index (χ4v) is 3.92. The molecule has 0 heterocycles. The zero-order valence-electron chi connectivity index (χ0n) is 14.9. The molecule has 1 aromatic carbocycles. The lowest BCUT2D eigenvalue weighted by atomic mass is 9.54. The van der Waals surface area contributed by atoms with E-state index in [2.05, 4.69) is 6.58 Å². The van der Waals surface area contributed by atoms with Crippen molar-refractivity contribution in [3.8, 4) is 0 Å². The summed E-state index contributed by atoms with van der Waals surface area (Å²) in [4.78, 5) is 24.9. The van der Waals surface area contributed by atoms with E-state index in [1.165, 1.54) is 14.2 Å². The first-order chi connectivity index (χ1) is 11.3. The molecular formula is C20H26O4. The number of hydrogen-bond donors (Lipinski definition) is 0. The standard InChI is InChI=1S/C20H26O4/c1-14-19(2,3)16(17(21)23-4)11-12-20(14,18(22)24-5)13-15-9-7-6-8-10-15/h6-10,16H,1,11-13H2,2-5H3/t16-,20+/m1/s1. The third-order valence-corrected chi connectivity index (χ3v) is 5.50. The predicted octanol–water partition coefficient (Wildman–Crippen LogP) is 3.55. The van der Waals surface area contributed by atoms with Crippen molar-refractivity contribution in [3.63, 3.8) is 0 Å². The SMILES string of the molecule is C=C1C(C)(C)[C@@H](C(=O)OC)CC[C@@]1(Cc1ccccc1)C(=O)OC. The highest BCUT2D eigenvalue weighted by Crippen LogP contribution is 2.55. The maximum atomic E-state index is 12.7. The van der Waals surface area contributed by atoms with E-state index in [1.54, 1.807) is 0 Å². The van der Waals surface area contributed by atoms with E-state index in [-0.39, 0.29) is 17.9 Å². The summed E-state index contributed by atoms with van der Waals surface area (Å²) in [6, 6.07) is 9.85. The number of carbonyl (C=O) groups is 2. The fourth-order valence-electron chi connectivity index (χ4n) is 3.92. The molecule has 0 aromatic heterocycles. The van der Waals surface area contributed by atoms with Gasteiger partial charge >= 0.3 is 11.9 Å². The Balaban J connectivity index is 2.44. The summed E-state index contributed by atoms with van der Waals surface area (Å²) >= 11 is 0. The fraction of sp³-hybridized carbons (Fsp3) is 0.500. The van der Waals surface area contributed by atoms with Gasteiger partial charge in [-0.05, 0) is 30.2 Å². The van der Waals surface area contributed by atoms with Crippen LogP contribution in [0.1, 0.15) is 32.3 Å². The Morgan fingerprint density at radius 2 is 1.79 bits per heavy atom.